The number of rotatable bonds is 6. The summed E-state index contributed by atoms with van der Waals surface area (Å²) in [5.74, 6) is -0.0858. The van der Waals surface area contributed by atoms with Gasteiger partial charge in [-0.15, -0.1) is 0 Å². The van der Waals surface area contributed by atoms with Gasteiger partial charge in [-0.1, -0.05) is 6.42 Å². The zero-order valence-electron chi connectivity index (χ0n) is 15.7. The van der Waals surface area contributed by atoms with Crippen LogP contribution in [0.4, 0.5) is 5.69 Å². The van der Waals surface area contributed by atoms with Gasteiger partial charge in [0.15, 0.2) is 0 Å². The van der Waals surface area contributed by atoms with Crippen LogP contribution in [0.15, 0.2) is 18.2 Å². The van der Waals surface area contributed by atoms with Crippen LogP contribution in [-0.4, -0.2) is 57.7 Å². The van der Waals surface area contributed by atoms with Gasteiger partial charge < -0.3 is 10.2 Å². The Kier molecular flexibility index (Phi) is 5.87. The van der Waals surface area contributed by atoms with Crippen molar-refractivity contribution in [3.05, 3.63) is 29.3 Å². The largest absolute Gasteiger partial charge is 0.352 e. The first kappa shape index (κ1) is 19.2. The van der Waals surface area contributed by atoms with Crippen LogP contribution in [0, 0.1) is 0 Å². The molecule has 2 aliphatic rings. The van der Waals surface area contributed by atoms with Crippen molar-refractivity contribution < 1.29 is 13.2 Å². The summed E-state index contributed by atoms with van der Waals surface area (Å²) in [7, 11) is -3.25. The molecule has 0 saturated carbocycles. The minimum atomic E-state index is -3.25. The van der Waals surface area contributed by atoms with Crippen molar-refractivity contribution in [2.75, 3.05) is 36.7 Å². The van der Waals surface area contributed by atoms with E-state index in [0.29, 0.717) is 36.8 Å². The Morgan fingerprint density at radius 3 is 2.81 bits per heavy atom. The molecule has 0 spiro atoms. The molecule has 144 valence electrons. The molecule has 1 aromatic carbocycles. The van der Waals surface area contributed by atoms with Gasteiger partial charge in [0.1, 0.15) is 0 Å². The van der Waals surface area contributed by atoms with Gasteiger partial charge in [0.2, 0.25) is 10.0 Å². The van der Waals surface area contributed by atoms with Crippen molar-refractivity contribution in [2.45, 2.75) is 45.1 Å². The highest BCUT2D eigenvalue weighted by Crippen LogP contribution is 2.30. The van der Waals surface area contributed by atoms with Crippen molar-refractivity contribution in [1.29, 1.82) is 0 Å². The maximum absolute atomic E-state index is 12.4. The van der Waals surface area contributed by atoms with Crippen LogP contribution >= 0.6 is 0 Å². The van der Waals surface area contributed by atoms with Crippen LogP contribution in [-0.2, 0) is 16.4 Å². The number of hydrogen-bond acceptors (Lipinski definition) is 4. The number of fused-ring (bicyclic) bond motifs is 1. The standard InChI is InChI=1S/C19H29N3O3S/c1-15-6-3-4-11-21(15)12-5-10-20-19(23)17-7-8-18-16(14-17)9-13-22(18)26(2,24)25/h7-8,14-15H,3-6,9-13H2,1-2H3,(H,20,23)/t15-/m0/s1. The monoisotopic (exact) mass is 379 g/mol. The van der Waals surface area contributed by atoms with Crippen LogP contribution in [0.5, 0.6) is 0 Å². The van der Waals surface area contributed by atoms with Gasteiger partial charge in [-0.2, -0.15) is 0 Å². The second-order valence-corrected chi connectivity index (χ2v) is 9.33. The Bertz CT molecular complexity index is 763. The van der Waals surface area contributed by atoms with Crippen LogP contribution in [0.25, 0.3) is 0 Å². The maximum atomic E-state index is 12.4. The molecule has 2 heterocycles. The number of likely N-dealkylation sites (tertiary alicyclic amines) is 1. The summed E-state index contributed by atoms with van der Waals surface area (Å²) in [6.45, 7) is 5.58. The summed E-state index contributed by atoms with van der Waals surface area (Å²) in [5, 5.41) is 2.99. The fourth-order valence-corrected chi connectivity index (χ4v) is 4.89. The second-order valence-electron chi connectivity index (χ2n) is 7.42. The highest BCUT2D eigenvalue weighted by Gasteiger charge is 2.26. The molecule has 1 atom stereocenters. The molecule has 1 saturated heterocycles. The first-order valence-electron chi connectivity index (χ1n) is 9.49. The third-order valence-corrected chi connectivity index (χ3v) is 6.62. The first-order valence-corrected chi connectivity index (χ1v) is 11.3. The lowest BCUT2D eigenvalue weighted by molar-refractivity contribution is 0.0949. The van der Waals surface area contributed by atoms with E-state index in [1.165, 1.54) is 29.8 Å². The molecule has 7 heteroatoms. The molecule has 0 bridgehead atoms. The summed E-state index contributed by atoms with van der Waals surface area (Å²) in [6.07, 6.45) is 6.68. The Morgan fingerprint density at radius 2 is 2.08 bits per heavy atom. The Labute approximate surface area is 156 Å². The molecule has 6 nitrogen and oxygen atoms in total. The van der Waals surface area contributed by atoms with E-state index in [0.717, 1.165) is 25.1 Å². The lowest BCUT2D eigenvalue weighted by Gasteiger charge is -2.33. The van der Waals surface area contributed by atoms with Crippen molar-refractivity contribution in [3.63, 3.8) is 0 Å². The van der Waals surface area contributed by atoms with E-state index in [2.05, 4.69) is 17.1 Å². The van der Waals surface area contributed by atoms with Gasteiger partial charge in [-0.3, -0.25) is 9.10 Å². The first-order chi connectivity index (χ1) is 12.4. The van der Waals surface area contributed by atoms with E-state index in [1.54, 1.807) is 12.1 Å². The molecular weight excluding hydrogens is 350 g/mol. The number of amides is 1. The second kappa shape index (κ2) is 7.96. The summed E-state index contributed by atoms with van der Waals surface area (Å²) < 4.78 is 25.0. The number of carbonyl (C=O) groups excluding carboxylic acids is 1. The lowest BCUT2D eigenvalue weighted by atomic mass is 10.0. The van der Waals surface area contributed by atoms with E-state index in [1.807, 2.05) is 6.07 Å². The molecule has 0 unspecified atom stereocenters. The zero-order chi connectivity index (χ0) is 18.7. The van der Waals surface area contributed by atoms with Crippen LogP contribution in [0.2, 0.25) is 0 Å². The van der Waals surface area contributed by atoms with Crippen molar-refractivity contribution in [3.8, 4) is 0 Å². The molecule has 26 heavy (non-hydrogen) atoms. The number of carbonyl (C=O) groups is 1. The summed E-state index contributed by atoms with van der Waals surface area (Å²) >= 11 is 0. The average Bonchev–Trinajstić information content (AvgIpc) is 3.03. The van der Waals surface area contributed by atoms with E-state index >= 15 is 0 Å². The summed E-state index contributed by atoms with van der Waals surface area (Å²) in [4.78, 5) is 14.9. The SMILES string of the molecule is C[C@H]1CCCCN1CCCNC(=O)c1ccc2c(c1)CCN2S(C)(=O)=O. The number of sulfonamides is 1. The third kappa shape index (κ3) is 4.38. The number of anilines is 1. The fraction of sp³-hybridized carbons (Fsp3) is 0.632. The molecule has 1 aromatic rings. The predicted octanol–water partition coefficient (Wildman–Crippen LogP) is 2.00. The quantitative estimate of drug-likeness (QED) is 0.768. The molecule has 0 aromatic heterocycles. The normalized spacial score (nSPS) is 20.8. The molecule has 0 aliphatic carbocycles. The molecule has 2 aliphatic heterocycles. The third-order valence-electron chi connectivity index (χ3n) is 5.44. The van der Waals surface area contributed by atoms with Crippen molar-refractivity contribution in [1.82, 2.24) is 10.2 Å². The predicted molar refractivity (Wildman–Crippen MR) is 104 cm³/mol. The maximum Gasteiger partial charge on any atom is 0.251 e. The molecule has 1 amide bonds. The van der Waals surface area contributed by atoms with E-state index in [4.69, 9.17) is 0 Å². The van der Waals surface area contributed by atoms with Crippen LogP contribution in [0.3, 0.4) is 0 Å². The van der Waals surface area contributed by atoms with Gasteiger partial charge in [0.05, 0.1) is 11.9 Å². The van der Waals surface area contributed by atoms with Gasteiger partial charge in [0.25, 0.3) is 5.91 Å². The van der Waals surface area contributed by atoms with Crippen molar-refractivity contribution in [2.24, 2.45) is 0 Å². The zero-order valence-corrected chi connectivity index (χ0v) is 16.5. The molecule has 1 N–H and O–H groups in total. The number of nitrogens with one attached hydrogen (secondary N) is 1. The van der Waals surface area contributed by atoms with Gasteiger partial charge in [0, 0.05) is 31.2 Å². The molecule has 1 fully saturated rings. The van der Waals surface area contributed by atoms with E-state index in [-0.39, 0.29) is 5.91 Å². The van der Waals surface area contributed by atoms with E-state index < -0.39 is 10.0 Å². The Balaban J connectivity index is 1.51. The highest BCUT2D eigenvalue weighted by molar-refractivity contribution is 7.92. The lowest BCUT2D eigenvalue weighted by Crippen LogP contribution is -2.39. The number of hydrogen-bond donors (Lipinski definition) is 1. The Morgan fingerprint density at radius 1 is 1.27 bits per heavy atom. The summed E-state index contributed by atoms with van der Waals surface area (Å²) in [6, 6.07) is 5.93. The number of piperidine rings is 1. The molecule has 0 radical (unpaired) electrons. The van der Waals surface area contributed by atoms with Gasteiger partial charge >= 0.3 is 0 Å². The van der Waals surface area contributed by atoms with E-state index in [9.17, 15) is 13.2 Å². The Hall–Kier alpha value is -1.60. The van der Waals surface area contributed by atoms with Crippen LogP contribution < -0.4 is 9.62 Å². The molecular formula is C19H29N3O3S. The minimum absolute atomic E-state index is 0.0858. The number of benzene rings is 1. The minimum Gasteiger partial charge on any atom is -0.352 e. The van der Waals surface area contributed by atoms with Crippen molar-refractivity contribution >= 4 is 21.6 Å². The fourth-order valence-electron chi connectivity index (χ4n) is 3.93. The molecule has 3 rings (SSSR count). The summed E-state index contributed by atoms with van der Waals surface area (Å²) in [5.41, 5.74) is 2.22. The average molecular weight is 380 g/mol. The smallest absolute Gasteiger partial charge is 0.251 e. The van der Waals surface area contributed by atoms with Crippen LogP contribution in [0.1, 0.15) is 48.5 Å². The topological polar surface area (TPSA) is 69.7 Å². The highest BCUT2D eigenvalue weighted by atomic mass is 32.2. The number of nitrogens with zero attached hydrogens (tertiary/aromatic N) is 2. The van der Waals surface area contributed by atoms with Gasteiger partial charge in [-0.25, -0.2) is 8.42 Å². The van der Waals surface area contributed by atoms with Gasteiger partial charge in [-0.05, 0) is 62.9 Å².